The maximum Gasteiger partial charge on any atom is 0.381 e. The van der Waals surface area contributed by atoms with Gasteiger partial charge in [-0.1, -0.05) is 5.16 Å². The van der Waals surface area contributed by atoms with Crippen molar-refractivity contribution in [3.8, 4) is 0 Å². The smallest absolute Gasteiger partial charge is 0.381 e. The number of ether oxygens (including phenoxy) is 1. The topological polar surface area (TPSA) is 216 Å². The quantitative estimate of drug-likeness (QED) is 0.158. The lowest BCUT2D eigenvalue weighted by Crippen LogP contribution is -2.78. The monoisotopic (exact) mass is 518 g/mol. The Labute approximate surface area is 194 Å². The van der Waals surface area contributed by atoms with Crippen LogP contribution in [-0.4, -0.2) is 82.8 Å². The molecule has 1 amide bonds. The molecule has 0 spiro atoms. The van der Waals surface area contributed by atoms with Gasteiger partial charge in [0.05, 0.1) is 18.3 Å². The Hall–Kier alpha value is -3.47. The lowest BCUT2D eigenvalue weighted by atomic mass is 9.84. The van der Waals surface area contributed by atoms with Crippen molar-refractivity contribution in [1.82, 2.24) is 9.88 Å². The number of nitrogens with two attached hydrogens (primary N) is 1. The number of fused-ring (bicyclic) bond motifs is 3. The Morgan fingerprint density at radius 3 is 2.74 bits per heavy atom. The molecule has 0 saturated carbocycles. The number of oxime groups is 1. The van der Waals surface area contributed by atoms with E-state index in [1.807, 2.05) is 0 Å². The summed E-state index contributed by atoms with van der Waals surface area (Å²) in [5, 5.41) is 21.6. The van der Waals surface area contributed by atoms with Crippen molar-refractivity contribution in [3.63, 3.8) is 0 Å². The van der Waals surface area contributed by atoms with E-state index in [1.54, 1.807) is 0 Å². The van der Waals surface area contributed by atoms with Crippen LogP contribution in [0.5, 0.6) is 0 Å². The van der Waals surface area contributed by atoms with Gasteiger partial charge < -0.3 is 25.5 Å². The van der Waals surface area contributed by atoms with E-state index >= 15 is 0 Å². The fourth-order valence-electron chi connectivity index (χ4n) is 4.12. The number of carbonyl (C=O) groups is 5. The number of hydrogen-bond donors (Lipinski definition) is 3. The number of β-lactam (4-membered cyclic amide) rings is 1. The maximum atomic E-state index is 13.3. The molecule has 0 radical (unpaired) electrons. The molecule has 0 aromatic carbocycles. The van der Waals surface area contributed by atoms with E-state index in [0.717, 1.165) is 16.2 Å². The number of anilines is 1. The summed E-state index contributed by atoms with van der Waals surface area (Å²) in [5.74, 6) is -8.83. The van der Waals surface area contributed by atoms with E-state index in [9.17, 15) is 37.7 Å². The van der Waals surface area contributed by atoms with Crippen LogP contribution in [0, 0.1) is 11.8 Å². The molecule has 1 aromatic heterocycles. The molecule has 0 aliphatic carbocycles. The number of carboxylic acids is 2. The second-order valence-corrected chi connectivity index (χ2v) is 9.99. The summed E-state index contributed by atoms with van der Waals surface area (Å²) < 4.78 is 31.1. The van der Waals surface area contributed by atoms with Gasteiger partial charge in [0.25, 0.3) is 5.72 Å². The van der Waals surface area contributed by atoms with Crippen molar-refractivity contribution in [2.24, 2.45) is 17.0 Å². The predicted molar refractivity (Wildman–Crippen MR) is 108 cm³/mol. The van der Waals surface area contributed by atoms with Gasteiger partial charge in [-0.05, 0) is 0 Å². The Kier molecular flexibility index (Phi) is 5.84. The summed E-state index contributed by atoms with van der Waals surface area (Å²) in [4.78, 5) is 69.0. The van der Waals surface area contributed by atoms with E-state index in [-0.39, 0.29) is 23.0 Å². The van der Waals surface area contributed by atoms with E-state index in [0.29, 0.717) is 0 Å². The molecule has 0 bridgehead atoms. The summed E-state index contributed by atoms with van der Waals surface area (Å²) in [6, 6.07) is 0. The van der Waals surface area contributed by atoms with Crippen LogP contribution in [0.1, 0.15) is 18.5 Å². The van der Waals surface area contributed by atoms with Gasteiger partial charge in [0.1, 0.15) is 11.1 Å². The molecule has 3 saturated heterocycles. The van der Waals surface area contributed by atoms with Gasteiger partial charge >= 0.3 is 24.3 Å². The first-order valence-electron chi connectivity index (χ1n) is 9.48. The third-order valence-corrected chi connectivity index (χ3v) is 8.04. The molecule has 3 fully saturated rings. The van der Waals surface area contributed by atoms with Gasteiger partial charge in [-0.15, -0.1) is 11.3 Å². The highest BCUT2D eigenvalue weighted by atomic mass is 32.2. The lowest BCUT2D eigenvalue weighted by Gasteiger charge is -2.56. The van der Waals surface area contributed by atoms with Gasteiger partial charge in [-0.2, -0.15) is 4.39 Å². The minimum atomic E-state index is -2.89. The molecule has 182 valence electrons. The Balaban J connectivity index is 1.60. The molecule has 4 N–H and O–H groups in total. The minimum absolute atomic E-state index is 0.00213. The Morgan fingerprint density at radius 2 is 2.15 bits per heavy atom. The highest BCUT2D eigenvalue weighted by Crippen LogP contribution is 2.50. The average molecular weight is 518 g/mol. The summed E-state index contributed by atoms with van der Waals surface area (Å²) in [5.41, 5.74) is 2.41. The molecule has 3 aliphatic rings. The van der Waals surface area contributed by atoms with Gasteiger partial charge in [0, 0.05) is 28.4 Å². The fourth-order valence-corrected chi connectivity index (χ4v) is 6.68. The number of nitrogens with zero attached hydrogens (tertiary/aromatic N) is 3. The third-order valence-electron chi connectivity index (χ3n) is 5.55. The van der Waals surface area contributed by atoms with Gasteiger partial charge in [-0.25, -0.2) is 14.6 Å². The number of nitrogen functional groups attached to an aromatic ring is 1. The van der Waals surface area contributed by atoms with Crippen LogP contribution in [0.4, 0.5) is 9.52 Å². The number of esters is 1. The summed E-state index contributed by atoms with van der Waals surface area (Å²) in [6.07, 6.45) is -3.88. The van der Waals surface area contributed by atoms with Crippen LogP contribution < -0.4 is 5.73 Å². The van der Waals surface area contributed by atoms with Gasteiger partial charge in [0.2, 0.25) is 5.91 Å². The highest BCUT2D eigenvalue weighted by Gasteiger charge is 2.72. The average Bonchev–Trinajstić information content (AvgIpc) is 3.33. The van der Waals surface area contributed by atoms with Crippen molar-refractivity contribution in [2.45, 2.75) is 30.3 Å². The molecule has 1 aromatic rings. The highest BCUT2D eigenvalue weighted by molar-refractivity contribution is 7.85. The summed E-state index contributed by atoms with van der Waals surface area (Å²) in [6.45, 7) is 0. The Bertz CT molecular complexity index is 1170. The zero-order chi connectivity index (χ0) is 24.9. The zero-order valence-electron chi connectivity index (χ0n) is 16.8. The van der Waals surface area contributed by atoms with Crippen molar-refractivity contribution in [2.75, 3.05) is 11.5 Å². The first kappa shape index (κ1) is 23.7. The molecule has 4 rings (SSSR count). The van der Waals surface area contributed by atoms with E-state index < -0.39 is 81.8 Å². The first-order valence-corrected chi connectivity index (χ1v) is 11.7. The van der Waals surface area contributed by atoms with Crippen molar-refractivity contribution in [3.05, 3.63) is 11.1 Å². The van der Waals surface area contributed by atoms with Gasteiger partial charge in [0.15, 0.2) is 16.6 Å². The summed E-state index contributed by atoms with van der Waals surface area (Å²) >= 11 is 0.892. The van der Waals surface area contributed by atoms with Crippen LogP contribution in [0.25, 0.3) is 0 Å². The number of ketones is 1. The Morgan fingerprint density at radius 1 is 1.44 bits per heavy atom. The van der Waals surface area contributed by atoms with Crippen molar-refractivity contribution < 1.29 is 52.4 Å². The lowest BCUT2D eigenvalue weighted by molar-refractivity contribution is -0.220. The molecule has 17 heteroatoms. The molecule has 4 heterocycles. The number of hydrogen-bond acceptors (Lipinski definition) is 12. The van der Waals surface area contributed by atoms with Crippen LogP contribution in [0.2, 0.25) is 0 Å². The maximum absolute atomic E-state index is 13.3. The number of halogens is 1. The second kappa shape index (κ2) is 8.39. The van der Waals surface area contributed by atoms with Gasteiger partial charge in [-0.3, -0.25) is 23.5 Å². The number of Topliss-reactive ketones (excluding diaryl/α,β-unsaturated/α-hetero) is 1. The zero-order valence-corrected chi connectivity index (χ0v) is 18.4. The molecule has 34 heavy (non-hydrogen) atoms. The number of aliphatic carboxylic acids is 2. The van der Waals surface area contributed by atoms with Crippen molar-refractivity contribution >= 4 is 62.6 Å². The molecule has 6 atom stereocenters. The number of aromatic nitrogens is 1. The number of rotatable bonds is 8. The third kappa shape index (κ3) is 3.60. The largest absolute Gasteiger partial charge is 0.477 e. The fraction of sp³-hybridized carbons (Fsp3) is 0.471. The predicted octanol–water partition coefficient (Wildman–Crippen LogP) is -1.32. The van der Waals surface area contributed by atoms with E-state index in [4.69, 9.17) is 15.6 Å². The first-order chi connectivity index (χ1) is 16.0. The van der Waals surface area contributed by atoms with Crippen molar-refractivity contribution in [1.29, 1.82) is 0 Å². The molecular weight excluding hydrogens is 503 g/mol. The van der Waals surface area contributed by atoms with Crippen LogP contribution in [0.15, 0.2) is 10.5 Å². The minimum Gasteiger partial charge on any atom is -0.477 e. The number of thiazole rings is 1. The van der Waals surface area contributed by atoms with Crippen LogP contribution in [-0.2, 0) is 44.3 Å². The molecular formula is C17H15FN4O10S2. The number of carbonyl (C=O) groups excluding carboxylic acids is 3. The van der Waals surface area contributed by atoms with Crippen LogP contribution in [0.3, 0.4) is 0 Å². The normalized spacial score (nSPS) is 31.1. The summed E-state index contributed by atoms with van der Waals surface area (Å²) in [7, 11) is -1.82. The molecule has 1 unspecified atom stereocenters. The number of amides is 1. The number of carboxylic acid groups (broad SMARTS) is 2. The SMILES string of the molecule is Nc1nc(/C(=N/OC(F)C(=O)O)C(=O)C[C@@H]2C(=O)N3[C@@H]2[S@@](=O)C[C@@H]2CC(=O)O[C@@]23C(=O)O)cs1. The van der Waals surface area contributed by atoms with E-state index in [1.165, 1.54) is 5.38 Å². The van der Waals surface area contributed by atoms with Crippen LogP contribution >= 0.6 is 11.3 Å². The van der Waals surface area contributed by atoms with E-state index in [2.05, 4.69) is 15.0 Å². The second-order valence-electron chi connectivity index (χ2n) is 7.53. The standard InChI is InChI=1S/C17H15FN4O10S2/c18-11(14(26)27)32-21-10(7-3-33-16(19)20-7)8(23)2-6-12(25)22-13(6)34(30)4-5-1-9(24)31-17(5,22)15(28)29/h3,5-6,11,13H,1-2,4H2,(H2,19,20)(H,26,27)(H,28,29)/b21-10-/t5-,6+,11?,13+,17+,34-/m0/s1. The molecule has 14 nitrogen and oxygen atoms in total. The number of alkyl halides is 1. The molecule has 3 aliphatic heterocycles.